The summed E-state index contributed by atoms with van der Waals surface area (Å²) in [6.07, 6.45) is 2.54. The molecule has 120 valence electrons. The van der Waals surface area contributed by atoms with E-state index in [9.17, 15) is 9.59 Å². The summed E-state index contributed by atoms with van der Waals surface area (Å²) >= 11 is 0. The molecule has 2 aliphatic heterocycles. The lowest BCUT2D eigenvalue weighted by atomic mass is 10.3. The molecule has 0 atom stereocenters. The van der Waals surface area contributed by atoms with Crippen LogP contribution in [0.4, 0.5) is 0 Å². The van der Waals surface area contributed by atoms with Gasteiger partial charge in [-0.2, -0.15) is 0 Å². The molecule has 0 unspecified atom stereocenters. The zero-order valence-corrected chi connectivity index (χ0v) is 13.1. The lowest BCUT2D eigenvalue weighted by molar-refractivity contribution is -0.134. The Labute approximate surface area is 127 Å². The van der Waals surface area contributed by atoms with Crippen LogP contribution in [0.5, 0.6) is 0 Å². The third kappa shape index (κ3) is 4.97. The van der Waals surface area contributed by atoms with Crippen LogP contribution in [0.1, 0.15) is 26.2 Å². The van der Waals surface area contributed by atoms with Gasteiger partial charge >= 0.3 is 0 Å². The zero-order chi connectivity index (χ0) is 15.1. The Morgan fingerprint density at radius 2 is 1.57 bits per heavy atom. The number of rotatable bonds is 3. The van der Waals surface area contributed by atoms with E-state index in [-0.39, 0.29) is 11.8 Å². The molecule has 2 fully saturated rings. The van der Waals surface area contributed by atoms with Gasteiger partial charge in [-0.05, 0) is 25.9 Å². The van der Waals surface area contributed by atoms with Crippen molar-refractivity contribution in [3.8, 4) is 0 Å². The molecule has 0 aromatic rings. The number of carbonyl (C=O) groups is 2. The molecule has 6 heteroatoms. The van der Waals surface area contributed by atoms with E-state index >= 15 is 0 Å². The molecule has 1 N–H and O–H groups in total. The van der Waals surface area contributed by atoms with Gasteiger partial charge < -0.3 is 15.1 Å². The molecular weight excluding hydrogens is 268 g/mol. The van der Waals surface area contributed by atoms with Crippen LogP contribution in [0.3, 0.4) is 0 Å². The van der Waals surface area contributed by atoms with Gasteiger partial charge in [0, 0.05) is 45.7 Å². The maximum Gasteiger partial charge on any atom is 0.236 e. The Morgan fingerprint density at radius 3 is 2.29 bits per heavy atom. The van der Waals surface area contributed by atoms with Crippen LogP contribution in [0.2, 0.25) is 0 Å². The van der Waals surface area contributed by atoms with Crippen LogP contribution in [-0.2, 0) is 9.59 Å². The summed E-state index contributed by atoms with van der Waals surface area (Å²) in [5.41, 5.74) is 0. The summed E-state index contributed by atoms with van der Waals surface area (Å²) in [6.45, 7) is 9.27. The third-order valence-electron chi connectivity index (χ3n) is 4.30. The first-order valence-corrected chi connectivity index (χ1v) is 8.19. The van der Waals surface area contributed by atoms with Crippen LogP contribution in [-0.4, -0.2) is 85.4 Å². The average molecular weight is 296 g/mol. The Balaban J connectivity index is 1.80. The second-order valence-electron chi connectivity index (χ2n) is 5.85. The topological polar surface area (TPSA) is 55.9 Å². The predicted molar refractivity (Wildman–Crippen MR) is 82.0 cm³/mol. The van der Waals surface area contributed by atoms with E-state index in [2.05, 4.69) is 10.2 Å². The van der Waals surface area contributed by atoms with Crippen molar-refractivity contribution in [2.45, 2.75) is 26.2 Å². The number of hydrogen-bond donors (Lipinski definition) is 1. The normalized spacial score (nSPS) is 21.8. The molecule has 0 bridgehead atoms. The largest absolute Gasteiger partial charge is 0.341 e. The first-order chi connectivity index (χ1) is 10.2. The van der Waals surface area contributed by atoms with Crippen molar-refractivity contribution in [2.24, 2.45) is 0 Å². The van der Waals surface area contributed by atoms with E-state index in [0.29, 0.717) is 26.1 Å². The summed E-state index contributed by atoms with van der Waals surface area (Å²) in [7, 11) is 0. The van der Waals surface area contributed by atoms with Gasteiger partial charge in [0.1, 0.15) is 0 Å². The highest BCUT2D eigenvalue weighted by atomic mass is 16.2. The number of carbonyl (C=O) groups excluding carboxylic acids is 2. The Kier molecular flexibility index (Phi) is 6.45. The van der Waals surface area contributed by atoms with Gasteiger partial charge in [-0.25, -0.2) is 0 Å². The van der Waals surface area contributed by atoms with E-state index in [1.165, 1.54) is 0 Å². The standard InChI is InChI=1S/C15H28N4O2/c1-2-14(20)18-8-4-9-19(12-11-18)15(21)13-17-7-3-5-16-6-10-17/h16H,2-13H2,1H3. The highest BCUT2D eigenvalue weighted by molar-refractivity contribution is 5.79. The molecule has 0 saturated carbocycles. The Morgan fingerprint density at radius 1 is 0.857 bits per heavy atom. The first kappa shape index (κ1) is 16.2. The van der Waals surface area contributed by atoms with Crippen molar-refractivity contribution in [3.63, 3.8) is 0 Å². The lowest BCUT2D eigenvalue weighted by Crippen LogP contribution is -2.43. The van der Waals surface area contributed by atoms with Crippen molar-refractivity contribution < 1.29 is 9.59 Å². The van der Waals surface area contributed by atoms with Gasteiger partial charge in [-0.1, -0.05) is 6.92 Å². The SMILES string of the molecule is CCC(=O)N1CCCN(C(=O)CN2CCCNCC2)CC1. The molecule has 2 heterocycles. The minimum Gasteiger partial charge on any atom is -0.341 e. The monoisotopic (exact) mass is 296 g/mol. The molecule has 0 aliphatic carbocycles. The van der Waals surface area contributed by atoms with E-state index in [4.69, 9.17) is 0 Å². The fourth-order valence-electron chi connectivity index (χ4n) is 2.99. The molecule has 0 spiro atoms. The Hall–Kier alpha value is -1.14. The van der Waals surface area contributed by atoms with E-state index in [1.807, 2.05) is 16.7 Å². The molecule has 6 nitrogen and oxygen atoms in total. The lowest BCUT2D eigenvalue weighted by Gasteiger charge is -2.25. The summed E-state index contributed by atoms with van der Waals surface area (Å²) in [4.78, 5) is 30.3. The molecule has 2 rings (SSSR count). The van der Waals surface area contributed by atoms with Crippen molar-refractivity contribution in [1.29, 1.82) is 0 Å². The van der Waals surface area contributed by atoms with Crippen LogP contribution in [0.25, 0.3) is 0 Å². The fraction of sp³-hybridized carbons (Fsp3) is 0.867. The van der Waals surface area contributed by atoms with Gasteiger partial charge in [-0.15, -0.1) is 0 Å². The number of amides is 2. The van der Waals surface area contributed by atoms with E-state index < -0.39 is 0 Å². The van der Waals surface area contributed by atoms with Gasteiger partial charge in [-0.3, -0.25) is 14.5 Å². The first-order valence-electron chi connectivity index (χ1n) is 8.19. The summed E-state index contributed by atoms with van der Waals surface area (Å²) in [6, 6.07) is 0. The van der Waals surface area contributed by atoms with Crippen LogP contribution < -0.4 is 5.32 Å². The number of nitrogens with one attached hydrogen (secondary N) is 1. The summed E-state index contributed by atoms with van der Waals surface area (Å²) < 4.78 is 0. The second-order valence-corrected chi connectivity index (χ2v) is 5.85. The van der Waals surface area contributed by atoms with E-state index in [0.717, 1.165) is 52.1 Å². The zero-order valence-electron chi connectivity index (χ0n) is 13.1. The molecule has 0 aromatic carbocycles. The molecule has 21 heavy (non-hydrogen) atoms. The maximum atomic E-state index is 12.4. The quantitative estimate of drug-likeness (QED) is 0.780. The third-order valence-corrected chi connectivity index (χ3v) is 4.30. The number of nitrogens with zero attached hydrogens (tertiary/aromatic N) is 3. The molecular formula is C15H28N4O2. The van der Waals surface area contributed by atoms with Crippen LogP contribution >= 0.6 is 0 Å². The minimum atomic E-state index is 0.197. The van der Waals surface area contributed by atoms with Crippen molar-refractivity contribution in [3.05, 3.63) is 0 Å². The molecule has 2 aliphatic rings. The minimum absolute atomic E-state index is 0.197. The van der Waals surface area contributed by atoms with Crippen molar-refractivity contribution >= 4 is 11.8 Å². The second kappa shape index (κ2) is 8.34. The average Bonchev–Trinajstić information content (AvgIpc) is 2.89. The molecule has 0 aromatic heterocycles. The molecule has 0 radical (unpaired) electrons. The Bertz CT molecular complexity index is 354. The maximum absolute atomic E-state index is 12.4. The molecule has 2 saturated heterocycles. The highest BCUT2D eigenvalue weighted by Crippen LogP contribution is 2.06. The highest BCUT2D eigenvalue weighted by Gasteiger charge is 2.22. The van der Waals surface area contributed by atoms with Crippen molar-refractivity contribution in [2.75, 3.05) is 58.9 Å². The van der Waals surface area contributed by atoms with Crippen LogP contribution in [0, 0.1) is 0 Å². The summed E-state index contributed by atoms with van der Waals surface area (Å²) in [5, 5.41) is 3.35. The van der Waals surface area contributed by atoms with Gasteiger partial charge in [0.2, 0.25) is 11.8 Å². The van der Waals surface area contributed by atoms with Crippen LogP contribution in [0.15, 0.2) is 0 Å². The summed E-state index contributed by atoms with van der Waals surface area (Å²) in [5.74, 6) is 0.408. The van der Waals surface area contributed by atoms with Gasteiger partial charge in [0.25, 0.3) is 0 Å². The van der Waals surface area contributed by atoms with Crippen molar-refractivity contribution in [1.82, 2.24) is 20.0 Å². The molecule has 2 amide bonds. The predicted octanol–water partition coefficient (Wildman–Crippen LogP) is -0.247. The van der Waals surface area contributed by atoms with Gasteiger partial charge in [0.15, 0.2) is 0 Å². The van der Waals surface area contributed by atoms with Gasteiger partial charge in [0.05, 0.1) is 6.54 Å². The van der Waals surface area contributed by atoms with E-state index in [1.54, 1.807) is 0 Å². The number of hydrogen-bond acceptors (Lipinski definition) is 4. The fourth-order valence-corrected chi connectivity index (χ4v) is 2.99. The smallest absolute Gasteiger partial charge is 0.236 e.